The number of nitro benzene ring substituents is 1. The second-order valence-electron chi connectivity index (χ2n) is 5.62. The standard InChI is InChI=1S/C15H17N3O3/c19-15(7-1-2-8-15)10-16-14-6-3-11-9-12(18(20)21)4-5-13(11)17-14/h3-6,9,19H,1-2,7-8,10H2,(H,16,17). The third kappa shape index (κ3) is 2.95. The van der Waals surface area contributed by atoms with E-state index >= 15 is 0 Å². The number of anilines is 1. The second kappa shape index (κ2) is 5.29. The third-order valence-corrected chi connectivity index (χ3v) is 4.02. The molecule has 1 heterocycles. The summed E-state index contributed by atoms with van der Waals surface area (Å²) in [5, 5.41) is 24.9. The number of rotatable bonds is 4. The van der Waals surface area contributed by atoms with Crippen molar-refractivity contribution >= 4 is 22.4 Å². The molecule has 0 bridgehead atoms. The van der Waals surface area contributed by atoms with Crippen LogP contribution in [0.5, 0.6) is 0 Å². The fourth-order valence-electron chi connectivity index (χ4n) is 2.79. The Labute approximate surface area is 122 Å². The van der Waals surface area contributed by atoms with Crippen LogP contribution in [0.4, 0.5) is 11.5 Å². The molecule has 6 heteroatoms. The molecule has 1 aromatic heterocycles. The highest BCUT2D eigenvalue weighted by atomic mass is 16.6. The molecular weight excluding hydrogens is 270 g/mol. The molecule has 0 aliphatic heterocycles. The molecule has 1 aliphatic rings. The Morgan fingerprint density at radius 3 is 2.76 bits per heavy atom. The number of fused-ring (bicyclic) bond motifs is 1. The zero-order valence-electron chi connectivity index (χ0n) is 11.6. The summed E-state index contributed by atoms with van der Waals surface area (Å²) in [5.41, 5.74) is 0.126. The minimum atomic E-state index is -0.633. The molecule has 110 valence electrons. The van der Waals surface area contributed by atoms with Gasteiger partial charge in [-0.1, -0.05) is 12.8 Å². The molecule has 1 fully saturated rings. The first-order valence-corrected chi connectivity index (χ1v) is 7.07. The summed E-state index contributed by atoms with van der Waals surface area (Å²) in [6, 6.07) is 8.18. The molecule has 1 saturated carbocycles. The van der Waals surface area contributed by atoms with Crippen LogP contribution in [-0.4, -0.2) is 27.2 Å². The van der Waals surface area contributed by atoms with Crippen LogP contribution in [0.25, 0.3) is 10.9 Å². The van der Waals surface area contributed by atoms with Gasteiger partial charge in [0.25, 0.3) is 5.69 Å². The molecule has 2 N–H and O–H groups in total. The summed E-state index contributed by atoms with van der Waals surface area (Å²) >= 11 is 0. The van der Waals surface area contributed by atoms with E-state index in [9.17, 15) is 15.2 Å². The van der Waals surface area contributed by atoms with Gasteiger partial charge in [0.05, 0.1) is 16.0 Å². The summed E-state index contributed by atoms with van der Waals surface area (Å²) in [7, 11) is 0. The first-order chi connectivity index (χ1) is 10.1. The highest BCUT2D eigenvalue weighted by Gasteiger charge is 2.30. The van der Waals surface area contributed by atoms with E-state index in [1.54, 1.807) is 18.2 Å². The van der Waals surface area contributed by atoms with Gasteiger partial charge in [0.15, 0.2) is 0 Å². The van der Waals surface area contributed by atoms with Crippen molar-refractivity contribution in [1.82, 2.24) is 4.98 Å². The molecule has 0 spiro atoms. The number of hydrogen-bond acceptors (Lipinski definition) is 5. The van der Waals surface area contributed by atoms with Crippen LogP contribution in [0.15, 0.2) is 30.3 Å². The van der Waals surface area contributed by atoms with Crippen LogP contribution in [0.1, 0.15) is 25.7 Å². The molecule has 0 saturated heterocycles. The minimum Gasteiger partial charge on any atom is -0.388 e. The Hall–Kier alpha value is -2.21. The van der Waals surface area contributed by atoms with Gasteiger partial charge in [-0.25, -0.2) is 4.98 Å². The first kappa shape index (κ1) is 13.8. The number of pyridine rings is 1. The van der Waals surface area contributed by atoms with E-state index in [0.717, 1.165) is 31.1 Å². The van der Waals surface area contributed by atoms with Gasteiger partial charge in [-0.05, 0) is 31.0 Å². The van der Waals surface area contributed by atoms with E-state index in [0.29, 0.717) is 17.9 Å². The number of hydrogen-bond donors (Lipinski definition) is 2. The molecule has 2 aromatic rings. The van der Waals surface area contributed by atoms with Crippen molar-refractivity contribution in [2.45, 2.75) is 31.3 Å². The molecule has 0 unspecified atom stereocenters. The second-order valence-corrected chi connectivity index (χ2v) is 5.62. The van der Waals surface area contributed by atoms with Crippen molar-refractivity contribution in [2.24, 2.45) is 0 Å². The SMILES string of the molecule is O=[N+]([O-])c1ccc2nc(NCC3(O)CCCC3)ccc2c1. The Bertz CT molecular complexity index is 681. The maximum Gasteiger partial charge on any atom is 0.270 e. The third-order valence-electron chi connectivity index (χ3n) is 4.02. The van der Waals surface area contributed by atoms with Crippen LogP contribution >= 0.6 is 0 Å². The fourth-order valence-corrected chi connectivity index (χ4v) is 2.79. The monoisotopic (exact) mass is 287 g/mol. The number of nitro groups is 1. The Morgan fingerprint density at radius 1 is 1.29 bits per heavy atom. The molecule has 0 atom stereocenters. The van der Waals surface area contributed by atoms with Crippen LogP contribution in [0, 0.1) is 10.1 Å². The Kier molecular flexibility index (Phi) is 3.47. The number of nitrogens with one attached hydrogen (secondary N) is 1. The van der Waals surface area contributed by atoms with Crippen LogP contribution < -0.4 is 5.32 Å². The zero-order chi connectivity index (χ0) is 14.9. The van der Waals surface area contributed by atoms with E-state index in [1.165, 1.54) is 12.1 Å². The topological polar surface area (TPSA) is 88.3 Å². The van der Waals surface area contributed by atoms with E-state index in [-0.39, 0.29) is 5.69 Å². The average molecular weight is 287 g/mol. The van der Waals surface area contributed by atoms with Gasteiger partial charge < -0.3 is 10.4 Å². The molecule has 21 heavy (non-hydrogen) atoms. The van der Waals surface area contributed by atoms with Crippen molar-refractivity contribution in [3.8, 4) is 0 Å². The molecule has 0 radical (unpaired) electrons. The number of nitrogens with zero attached hydrogens (tertiary/aromatic N) is 2. The lowest BCUT2D eigenvalue weighted by molar-refractivity contribution is -0.384. The maximum absolute atomic E-state index is 10.7. The first-order valence-electron chi connectivity index (χ1n) is 7.07. The van der Waals surface area contributed by atoms with Gasteiger partial charge in [-0.2, -0.15) is 0 Å². The quantitative estimate of drug-likeness (QED) is 0.666. The highest BCUT2D eigenvalue weighted by molar-refractivity contribution is 5.82. The zero-order valence-corrected chi connectivity index (χ0v) is 11.6. The molecule has 1 aliphatic carbocycles. The number of benzene rings is 1. The lowest BCUT2D eigenvalue weighted by Crippen LogP contribution is -2.33. The normalized spacial score (nSPS) is 17.0. The fraction of sp³-hybridized carbons (Fsp3) is 0.400. The number of aromatic nitrogens is 1. The molecule has 0 amide bonds. The lowest BCUT2D eigenvalue weighted by atomic mass is 10.0. The van der Waals surface area contributed by atoms with Gasteiger partial charge in [-0.15, -0.1) is 0 Å². The van der Waals surface area contributed by atoms with Gasteiger partial charge >= 0.3 is 0 Å². The molecule has 6 nitrogen and oxygen atoms in total. The molecule has 3 rings (SSSR count). The van der Waals surface area contributed by atoms with E-state index in [1.807, 2.05) is 0 Å². The Morgan fingerprint density at radius 2 is 2.05 bits per heavy atom. The smallest absolute Gasteiger partial charge is 0.270 e. The molecule has 1 aromatic carbocycles. The van der Waals surface area contributed by atoms with Crippen molar-refractivity contribution in [3.63, 3.8) is 0 Å². The summed E-state index contributed by atoms with van der Waals surface area (Å²) in [5.74, 6) is 0.677. The highest BCUT2D eigenvalue weighted by Crippen LogP contribution is 2.29. The Balaban J connectivity index is 1.78. The van der Waals surface area contributed by atoms with Crippen molar-refractivity contribution in [3.05, 3.63) is 40.4 Å². The predicted molar refractivity (Wildman–Crippen MR) is 80.3 cm³/mol. The van der Waals surface area contributed by atoms with Gasteiger partial charge in [0.2, 0.25) is 0 Å². The van der Waals surface area contributed by atoms with Crippen LogP contribution in [0.3, 0.4) is 0 Å². The van der Waals surface area contributed by atoms with E-state index < -0.39 is 10.5 Å². The summed E-state index contributed by atoms with van der Waals surface area (Å²) in [6.07, 6.45) is 3.76. The summed E-state index contributed by atoms with van der Waals surface area (Å²) in [4.78, 5) is 14.7. The molecular formula is C15H17N3O3. The van der Waals surface area contributed by atoms with Gasteiger partial charge in [0, 0.05) is 24.1 Å². The summed E-state index contributed by atoms with van der Waals surface area (Å²) in [6.45, 7) is 0.485. The average Bonchev–Trinajstić information content (AvgIpc) is 2.91. The lowest BCUT2D eigenvalue weighted by Gasteiger charge is -2.22. The van der Waals surface area contributed by atoms with E-state index in [4.69, 9.17) is 0 Å². The van der Waals surface area contributed by atoms with E-state index in [2.05, 4.69) is 10.3 Å². The predicted octanol–water partition coefficient (Wildman–Crippen LogP) is 2.86. The maximum atomic E-state index is 10.7. The number of aliphatic hydroxyl groups is 1. The largest absolute Gasteiger partial charge is 0.388 e. The number of non-ortho nitro benzene ring substituents is 1. The minimum absolute atomic E-state index is 0.0604. The van der Waals surface area contributed by atoms with Crippen molar-refractivity contribution in [2.75, 3.05) is 11.9 Å². The van der Waals surface area contributed by atoms with Crippen molar-refractivity contribution < 1.29 is 10.0 Å². The van der Waals surface area contributed by atoms with Gasteiger partial charge in [0.1, 0.15) is 5.82 Å². The van der Waals surface area contributed by atoms with Gasteiger partial charge in [-0.3, -0.25) is 10.1 Å². The summed E-state index contributed by atoms with van der Waals surface area (Å²) < 4.78 is 0. The van der Waals surface area contributed by atoms with Crippen LogP contribution in [0.2, 0.25) is 0 Å². The van der Waals surface area contributed by atoms with Crippen molar-refractivity contribution in [1.29, 1.82) is 0 Å². The van der Waals surface area contributed by atoms with Crippen LogP contribution in [-0.2, 0) is 0 Å².